The first-order valence-corrected chi connectivity index (χ1v) is 11.4. The van der Waals surface area contributed by atoms with Crippen LogP contribution < -0.4 is 10.6 Å². The minimum absolute atomic E-state index is 0.0133. The molecule has 1 unspecified atom stereocenters. The van der Waals surface area contributed by atoms with Crippen LogP contribution in [0.1, 0.15) is 38.3 Å². The summed E-state index contributed by atoms with van der Waals surface area (Å²) >= 11 is 0. The molecule has 0 amide bonds. The molecule has 0 saturated heterocycles. The van der Waals surface area contributed by atoms with Crippen molar-refractivity contribution in [2.24, 2.45) is 16.3 Å². The monoisotopic (exact) mass is 485 g/mol. The first kappa shape index (κ1) is 23.2. The van der Waals surface area contributed by atoms with Crippen molar-refractivity contribution in [2.45, 2.75) is 44.5 Å². The Morgan fingerprint density at radius 1 is 1.17 bits per heavy atom. The Kier molecular flexibility index (Phi) is 5.49. The summed E-state index contributed by atoms with van der Waals surface area (Å²) in [7, 11) is 0. The lowest BCUT2D eigenvalue weighted by Crippen LogP contribution is -2.19. The summed E-state index contributed by atoms with van der Waals surface area (Å²) in [4.78, 5) is 17.3. The number of nitrogens with zero attached hydrogens (tertiary/aromatic N) is 5. The summed E-state index contributed by atoms with van der Waals surface area (Å²) in [6.07, 6.45) is 3.78. The molecule has 1 aliphatic heterocycles. The summed E-state index contributed by atoms with van der Waals surface area (Å²) in [5.41, 5.74) is 1.06. The highest BCUT2D eigenvalue weighted by Crippen LogP contribution is 2.48. The average molecular weight is 485 g/mol. The zero-order chi connectivity index (χ0) is 24.8. The van der Waals surface area contributed by atoms with E-state index in [0.717, 1.165) is 31.2 Å². The maximum atomic E-state index is 13.8. The molecule has 2 saturated carbocycles. The molecule has 2 fully saturated rings. The second kappa shape index (κ2) is 8.29. The molecule has 0 aromatic carbocycles. The minimum Gasteiger partial charge on any atom is -0.354 e. The van der Waals surface area contributed by atoms with Gasteiger partial charge in [0.2, 0.25) is 5.95 Å². The van der Waals surface area contributed by atoms with Crippen molar-refractivity contribution in [3.63, 3.8) is 0 Å². The summed E-state index contributed by atoms with van der Waals surface area (Å²) < 4.78 is 54.4. The highest BCUT2D eigenvalue weighted by Gasteiger charge is 2.56. The van der Waals surface area contributed by atoms with E-state index in [9.17, 15) is 22.8 Å². The number of nitrogens with one attached hydrogen (secondary N) is 2. The van der Waals surface area contributed by atoms with E-state index >= 15 is 0 Å². The molecule has 0 radical (unpaired) electrons. The zero-order valence-corrected chi connectivity index (χ0v) is 19.0. The van der Waals surface area contributed by atoms with Gasteiger partial charge >= 0.3 is 0 Å². The third-order valence-electron chi connectivity index (χ3n) is 6.37. The molecule has 7 nitrogen and oxygen atoms in total. The number of dihydropyridines is 1. The molecule has 2 N–H and O–H groups in total. The maximum absolute atomic E-state index is 13.8. The molecule has 3 aliphatic rings. The van der Waals surface area contributed by atoms with Crippen molar-refractivity contribution in [1.82, 2.24) is 15.0 Å². The number of anilines is 2. The average Bonchev–Trinajstić information content (AvgIpc) is 3.73. The summed E-state index contributed by atoms with van der Waals surface area (Å²) in [5.74, 6) is -6.19. The van der Waals surface area contributed by atoms with Gasteiger partial charge in [0.05, 0.1) is 28.6 Å². The van der Waals surface area contributed by atoms with Gasteiger partial charge in [-0.2, -0.15) is 19.0 Å². The fourth-order valence-electron chi connectivity index (χ4n) is 3.93. The van der Waals surface area contributed by atoms with E-state index < -0.39 is 28.9 Å². The molecule has 0 bridgehead atoms. The van der Waals surface area contributed by atoms with Gasteiger partial charge in [-0.15, -0.1) is 0 Å². The Labute approximate surface area is 199 Å². The lowest BCUT2D eigenvalue weighted by molar-refractivity contribution is 0.0129. The fourth-order valence-corrected chi connectivity index (χ4v) is 3.93. The van der Waals surface area contributed by atoms with Crippen LogP contribution in [0.4, 0.5) is 29.3 Å². The van der Waals surface area contributed by atoms with Gasteiger partial charge in [-0.3, -0.25) is 4.99 Å². The molecule has 182 valence electrons. The number of rotatable bonds is 8. The van der Waals surface area contributed by atoms with E-state index in [2.05, 4.69) is 36.6 Å². The number of hydrogen-bond acceptors (Lipinski definition) is 7. The Hall–Kier alpha value is -3.55. The van der Waals surface area contributed by atoms with E-state index in [1.54, 1.807) is 12.1 Å². The standard InChI is InChI=1S/C24H23F4N7/c1-22(25,26)18-4-2-3-16(33-18)17-10-20(35-21(34-17)31-12-14-11-24(14,27)28)32-15-5-8-30-19(9-15)23(13-29)6-7-23/h2-4,9-10,14H,5-8,11-12H2,1H3,(H2,31,32,34,35). The second-order valence-electron chi connectivity index (χ2n) is 9.31. The molecule has 5 rings (SSSR count). The molecule has 2 aromatic heterocycles. The van der Waals surface area contributed by atoms with Gasteiger partial charge in [-0.25, -0.2) is 18.7 Å². The van der Waals surface area contributed by atoms with E-state index in [1.807, 2.05) is 6.08 Å². The topological polar surface area (TPSA) is 98.9 Å². The van der Waals surface area contributed by atoms with Crippen molar-refractivity contribution >= 4 is 17.5 Å². The summed E-state index contributed by atoms with van der Waals surface area (Å²) in [5, 5.41) is 15.5. The van der Waals surface area contributed by atoms with Gasteiger partial charge < -0.3 is 10.6 Å². The smallest absolute Gasteiger partial charge is 0.286 e. The first-order valence-electron chi connectivity index (χ1n) is 11.4. The van der Waals surface area contributed by atoms with Gasteiger partial charge in [0, 0.05) is 50.5 Å². The van der Waals surface area contributed by atoms with E-state index in [-0.39, 0.29) is 30.3 Å². The SMILES string of the molecule is CC(F)(F)c1cccc(-c2cc(NC3=CC(C4(C#N)CC4)=NCC3)nc(NCC3CC3(F)F)n2)n1. The predicted molar refractivity (Wildman–Crippen MR) is 122 cm³/mol. The lowest BCUT2D eigenvalue weighted by atomic mass is 9.98. The molecular weight excluding hydrogens is 462 g/mol. The fraction of sp³-hybridized carbons (Fsp3) is 0.458. The van der Waals surface area contributed by atoms with Crippen LogP contribution in [0, 0.1) is 22.7 Å². The number of aromatic nitrogens is 3. The van der Waals surface area contributed by atoms with Gasteiger partial charge in [0.15, 0.2) is 0 Å². The molecule has 11 heteroatoms. The number of hydrogen-bond donors (Lipinski definition) is 2. The van der Waals surface area contributed by atoms with Crippen LogP contribution in [-0.4, -0.2) is 39.7 Å². The Morgan fingerprint density at radius 3 is 2.60 bits per heavy atom. The third kappa shape index (κ3) is 4.97. The summed E-state index contributed by atoms with van der Waals surface area (Å²) in [6, 6.07) is 8.15. The molecule has 1 atom stereocenters. The number of aliphatic imine (C=N–C) groups is 1. The first-order chi connectivity index (χ1) is 16.6. The van der Waals surface area contributed by atoms with Crippen molar-refractivity contribution < 1.29 is 17.6 Å². The van der Waals surface area contributed by atoms with Crippen molar-refractivity contribution in [3.8, 4) is 17.5 Å². The van der Waals surface area contributed by atoms with Gasteiger partial charge in [0.25, 0.3) is 11.8 Å². The van der Waals surface area contributed by atoms with Crippen LogP contribution in [0.15, 0.2) is 41.0 Å². The van der Waals surface area contributed by atoms with Crippen LogP contribution in [0.25, 0.3) is 11.4 Å². The van der Waals surface area contributed by atoms with Crippen LogP contribution >= 0.6 is 0 Å². The number of allylic oxidation sites excluding steroid dienone is 1. The minimum atomic E-state index is -3.13. The van der Waals surface area contributed by atoms with Crippen molar-refractivity contribution in [3.05, 3.63) is 41.7 Å². The van der Waals surface area contributed by atoms with E-state index in [4.69, 9.17) is 0 Å². The van der Waals surface area contributed by atoms with Gasteiger partial charge in [-0.1, -0.05) is 6.07 Å². The lowest BCUT2D eigenvalue weighted by Gasteiger charge is -2.18. The molecule has 2 aliphatic carbocycles. The Bertz CT molecular complexity index is 1260. The van der Waals surface area contributed by atoms with Crippen LogP contribution in [0.3, 0.4) is 0 Å². The number of alkyl halides is 4. The largest absolute Gasteiger partial charge is 0.354 e. The molecule has 3 heterocycles. The maximum Gasteiger partial charge on any atom is 0.286 e. The van der Waals surface area contributed by atoms with Crippen LogP contribution in [0.2, 0.25) is 0 Å². The Balaban J connectivity index is 1.44. The van der Waals surface area contributed by atoms with E-state index in [0.29, 0.717) is 18.8 Å². The Morgan fingerprint density at radius 2 is 1.94 bits per heavy atom. The highest BCUT2D eigenvalue weighted by atomic mass is 19.3. The third-order valence-corrected chi connectivity index (χ3v) is 6.37. The normalized spacial score (nSPS) is 21.9. The second-order valence-corrected chi connectivity index (χ2v) is 9.31. The van der Waals surface area contributed by atoms with Crippen molar-refractivity contribution in [1.29, 1.82) is 5.26 Å². The quantitative estimate of drug-likeness (QED) is 0.501. The number of halogens is 4. The van der Waals surface area contributed by atoms with E-state index in [1.165, 1.54) is 12.1 Å². The van der Waals surface area contributed by atoms with Crippen molar-refractivity contribution in [2.75, 3.05) is 23.7 Å². The highest BCUT2D eigenvalue weighted by molar-refractivity contribution is 6.04. The summed E-state index contributed by atoms with van der Waals surface area (Å²) in [6.45, 7) is 1.27. The molecule has 0 spiro atoms. The van der Waals surface area contributed by atoms with Gasteiger partial charge in [-0.05, 0) is 31.1 Å². The van der Waals surface area contributed by atoms with Gasteiger partial charge in [0.1, 0.15) is 11.5 Å². The predicted octanol–water partition coefficient (Wildman–Crippen LogP) is 5.16. The number of nitriles is 1. The molecule has 2 aromatic rings. The van der Waals surface area contributed by atoms with Crippen LogP contribution in [-0.2, 0) is 5.92 Å². The molecule has 35 heavy (non-hydrogen) atoms. The molecular formula is C24H23F4N7. The zero-order valence-electron chi connectivity index (χ0n) is 19.0. The number of pyridine rings is 1. The van der Waals surface area contributed by atoms with Crippen LogP contribution in [0.5, 0.6) is 0 Å².